The molecule has 1 rings (SSSR count). The van der Waals surface area contributed by atoms with Gasteiger partial charge in [0.05, 0.1) is 0 Å². The fourth-order valence-corrected chi connectivity index (χ4v) is 0.887. The summed E-state index contributed by atoms with van der Waals surface area (Å²) in [5, 5.41) is 8.69. The molecule has 0 amide bonds. The molecule has 0 aliphatic rings. The Balaban J connectivity index is 0.00000169. The van der Waals surface area contributed by atoms with Crippen molar-refractivity contribution in [3.63, 3.8) is 0 Å². The van der Waals surface area contributed by atoms with Gasteiger partial charge < -0.3 is 9.84 Å². The second-order valence-corrected chi connectivity index (χ2v) is 2.39. The topological polar surface area (TPSA) is 63.6 Å². The normalized spacial score (nSPS) is 8.64. The average molecular weight is 308 g/mol. The monoisotopic (exact) mass is 308 g/mol. The van der Waals surface area contributed by atoms with Crippen molar-refractivity contribution in [1.29, 1.82) is 0 Å². The first-order valence-electron chi connectivity index (χ1n) is 3.62. The molecule has 0 radical (unpaired) electrons. The molecule has 1 N–H and O–H groups in total. The zero-order valence-electron chi connectivity index (χ0n) is 7.39. The molecule has 1 aromatic rings. The molecule has 14 heavy (non-hydrogen) atoms. The lowest BCUT2D eigenvalue weighted by Crippen LogP contribution is -2.06. The maximum atomic E-state index is 10.6. The third-order valence-electron chi connectivity index (χ3n) is 1.37. The molecule has 0 saturated heterocycles. The van der Waals surface area contributed by atoms with Crippen molar-refractivity contribution in [2.75, 3.05) is 0 Å². The second kappa shape index (κ2) is 5.58. The van der Waals surface area contributed by atoms with Gasteiger partial charge in [-0.25, -0.2) is 4.79 Å². The molecule has 0 aromatic heterocycles. The van der Waals surface area contributed by atoms with Gasteiger partial charge in [-0.2, -0.15) is 0 Å². The average Bonchev–Trinajstić information content (AvgIpc) is 2.03. The van der Waals surface area contributed by atoms with Crippen molar-refractivity contribution < 1.29 is 19.4 Å². The molecule has 0 spiro atoms. The fourth-order valence-electron chi connectivity index (χ4n) is 0.887. The molecule has 0 atom stereocenters. The maximum Gasteiger partial charge on any atom is 0.339 e. The Morgan fingerprint density at radius 1 is 1.29 bits per heavy atom. The number of aromatic carboxylic acids is 1. The maximum absolute atomic E-state index is 10.6. The lowest BCUT2D eigenvalue weighted by molar-refractivity contribution is -0.131. The molecule has 0 saturated carbocycles. The summed E-state index contributed by atoms with van der Waals surface area (Å²) in [4.78, 5) is 21.2. The molecule has 0 aliphatic carbocycles. The Morgan fingerprint density at radius 2 is 1.86 bits per heavy atom. The molecule has 4 nitrogen and oxygen atoms in total. The first-order valence-corrected chi connectivity index (χ1v) is 3.62. The number of ether oxygens (including phenoxy) is 1. The third-order valence-corrected chi connectivity index (χ3v) is 1.37. The molecule has 0 unspecified atom stereocenters. The molecule has 0 aliphatic heterocycles. The zero-order valence-corrected chi connectivity index (χ0v) is 9.72. The van der Waals surface area contributed by atoms with Crippen LogP contribution in [0.15, 0.2) is 24.3 Å². The van der Waals surface area contributed by atoms with E-state index in [2.05, 4.69) is 4.74 Å². The van der Waals surface area contributed by atoms with E-state index in [0.29, 0.717) is 0 Å². The summed E-state index contributed by atoms with van der Waals surface area (Å²) in [5.41, 5.74) is -0.0160. The largest absolute Gasteiger partial charge is 0.478 e. The van der Waals surface area contributed by atoms with E-state index in [1.807, 2.05) is 0 Å². The summed E-state index contributed by atoms with van der Waals surface area (Å²) in [6.07, 6.45) is 0. The number of halogens is 1. The standard InChI is InChI=1S/C9H8O4.HI/c1-6(10)13-8-5-3-2-4-7(8)9(11)12;/h2-5H,1H3,(H,11,12);1H. The van der Waals surface area contributed by atoms with Gasteiger partial charge in [-0.15, -0.1) is 24.0 Å². The summed E-state index contributed by atoms with van der Waals surface area (Å²) < 4.78 is 4.69. The first-order chi connectivity index (χ1) is 6.11. The molecule has 0 bridgehead atoms. The van der Waals surface area contributed by atoms with Crippen LogP contribution in [-0.2, 0) is 4.79 Å². The van der Waals surface area contributed by atoms with Crippen LogP contribution in [0.2, 0.25) is 0 Å². The van der Waals surface area contributed by atoms with E-state index in [-0.39, 0.29) is 35.3 Å². The van der Waals surface area contributed by atoms with Gasteiger partial charge in [-0.05, 0) is 12.1 Å². The van der Waals surface area contributed by atoms with Crippen LogP contribution < -0.4 is 4.74 Å². The molecular weight excluding hydrogens is 299 g/mol. The molecule has 0 heterocycles. The van der Waals surface area contributed by atoms with Crippen LogP contribution in [0.3, 0.4) is 0 Å². The Morgan fingerprint density at radius 3 is 2.36 bits per heavy atom. The Kier molecular flexibility index (Phi) is 5.14. The molecule has 5 heteroatoms. The highest BCUT2D eigenvalue weighted by Crippen LogP contribution is 2.17. The van der Waals surface area contributed by atoms with Gasteiger partial charge in [-0.3, -0.25) is 4.79 Å². The van der Waals surface area contributed by atoms with Crippen LogP contribution in [0.25, 0.3) is 0 Å². The van der Waals surface area contributed by atoms with Gasteiger partial charge in [-0.1, -0.05) is 12.1 Å². The van der Waals surface area contributed by atoms with Gasteiger partial charge in [0.1, 0.15) is 11.3 Å². The lowest BCUT2D eigenvalue weighted by atomic mass is 10.2. The minimum Gasteiger partial charge on any atom is -0.478 e. The van der Waals surface area contributed by atoms with Crippen molar-refractivity contribution >= 4 is 35.9 Å². The summed E-state index contributed by atoms with van der Waals surface area (Å²) in [6.45, 7) is 1.22. The van der Waals surface area contributed by atoms with Crippen LogP contribution in [0.4, 0.5) is 0 Å². The number of esters is 1. The third kappa shape index (κ3) is 3.33. The van der Waals surface area contributed by atoms with Crippen molar-refractivity contribution in [2.24, 2.45) is 0 Å². The van der Waals surface area contributed by atoms with Gasteiger partial charge in [0.25, 0.3) is 0 Å². The van der Waals surface area contributed by atoms with Crippen molar-refractivity contribution in [1.82, 2.24) is 0 Å². The number of carboxylic acids is 1. The highest BCUT2D eigenvalue weighted by atomic mass is 127. The number of benzene rings is 1. The second-order valence-electron chi connectivity index (χ2n) is 2.39. The van der Waals surface area contributed by atoms with E-state index < -0.39 is 11.9 Å². The number of rotatable bonds is 2. The fraction of sp³-hybridized carbons (Fsp3) is 0.111. The molecule has 1 aromatic carbocycles. The van der Waals surface area contributed by atoms with E-state index in [0.717, 1.165) is 0 Å². The van der Waals surface area contributed by atoms with E-state index in [9.17, 15) is 9.59 Å². The Hall–Kier alpha value is -1.11. The smallest absolute Gasteiger partial charge is 0.339 e. The van der Waals surface area contributed by atoms with Gasteiger partial charge in [0.2, 0.25) is 0 Å². The highest BCUT2D eigenvalue weighted by molar-refractivity contribution is 14.0. The highest BCUT2D eigenvalue weighted by Gasteiger charge is 2.10. The van der Waals surface area contributed by atoms with E-state index in [4.69, 9.17) is 5.11 Å². The lowest BCUT2D eigenvalue weighted by Gasteiger charge is -2.03. The van der Waals surface area contributed by atoms with Crippen LogP contribution in [0.1, 0.15) is 17.3 Å². The van der Waals surface area contributed by atoms with Gasteiger partial charge >= 0.3 is 11.9 Å². The molecule has 0 fully saturated rings. The minimum atomic E-state index is -1.11. The number of hydrogen-bond acceptors (Lipinski definition) is 3. The minimum absolute atomic E-state index is 0. The van der Waals surface area contributed by atoms with Crippen LogP contribution >= 0.6 is 24.0 Å². The summed E-state index contributed by atoms with van der Waals surface area (Å²) in [5.74, 6) is -1.58. The van der Waals surface area contributed by atoms with Crippen LogP contribution in [-0.4, -0.2) is 17.0 Å². The SMILES string of the molecule is CC(=O)Oc1ccccc1C(=O)O.I. The number of carbonyl (C=O) groups is 2. The number of para-hydroxylation sites is 1. The predicted octanol–water partition coefficient (Wildman–Crippen LogP) is 1.93. The number of carbonyl (C=O) groups excluding carboxylic acids is 1. The summed E-state index contributed by atoms with van der Waals surface area (Å²) >= 11 is 0. The summed E-state index contributed by atoms with van der Waals surface area (Å²) in [7, 11) is 0. The van der Waals surface area contributed by atoms with Gasteiger partial charge in [0.15, 0.2) is 0 Å². The first kappa shape index (κ1) is 12.9. The van der Waals surface area contributed by atoms with Crippen molar-refractivity contribution in [3.05, 3.63) is 29.8 Å². The zero-order chi connectivity index (χ0) is 9.84. The van der Waals surface area contributed by atoms with E-state index >= 15 is 0 Å². The van der Waals surface area contributed by atoms with Crippen molar-refractivity contribution in [3.8, 4) is 5.75 Å². The predicted molar refractivity (Wildman–Crippen MR) is 60.1 cm³/mol. The van der Waals surface area contributed by atoms with E-state index in [1.54, 1.807) is 12.1 Å². The van der Waals surface area contributed by atoms with Crippen LogP contribution in [0, 0.1) is 0 Å². The number of hydrogen-bond donors (Lipinski definition) is 1. The quantitative estimate of drug-likeness (QED) is 0.515. The van der Waals surface area contributed by atoms with Crippen molar-refractivity contribution in [2.45, 2.75) is 6.92 Å². The summed E-state index contributed by atoms with van der Waals surface area (Å²) in [6, 6.07) is 5.98. The number of carboxylic acid groups (broad SMARTS) is 1. The Bertz CT molecular complexity index is 348. The molecule has 76 valence electrons. The van der Waals surface area contributed by atoms with E-state index in [1.165, 1.54) is 19.1 Å². The molecular formula is C9H9IO4. The Labute approximate surface area is 97.9 Å². The van der Waals surface area contributed by atoms with Crippen LogP contribution in [0.5, 0.6) is 5.75 Å². The van der Waals surface area contributed by atoms with Gasteiger partial charge in [0, 0.05) is 6.92 Å².